The van der Waals surface area contributed by atoms with Crippen molar-refractivity contribution in [3.05, 3.63) is 0 Å². The zero-order valence-corrected chi connectivity index (χ0v) is 7.86. The topological polar surface area (TPSA) is 44.4 Å². The lowest BCUT2D eigenvalue weighted by atomic mass is 10.1. The van der Waals surface area contributed by atoms with Crippen LogP contribution in [0.2, 0.25) is 0 Å². The lowest BCUT2D eigenvalue weighted by Gasteiger charge is -2.24. The highest BCUT2D eigenvalue weighted by Gasteiger charge is 2.15. The van der Waals surface area contributed by atoms with Gasteiger partial charge in [-0.15, -0.1) is 0 Å². The van der Waals surface area contributed by atoms with Gasteiger partial charge in [-0.2, -0.15) is 0 Å². The van der Waals surface area contributed by atoms with Gasteiger partial charge in [-0.25, -0.2) is 10.2 Å². The Morgan fingerprint density at radius 2 is 1.82 bits per heavy atom. The quantitative estimate of drug-likeness (QED) is 0.549. The first kappa shape index (κ1) is 10.2. The predicted octanol–water partition coefficient (Wildman–Crippen LogP) is 0.561. The largest absolute Gasteiger partial charge is 0.332 e. The summed E-state index contributed by atoms with van der Waals surface area (Å²) in [6.45, 7) is 5.82. The number of nitrogens with one attached hydrogen (secondary N) is 2. The van der Waals surface area contributed by atoms with Gasteiger partial charge >= 0.3 is 6.03 Å². The van der Waals surface area contributed by atoms with Gasteiger partial charge in [-0.3, -0.25) is 5.01 Å². The summed E-state index contributed by atoms with van der Waals surface area (Å²) in [4.78, 5) is 11.1. The smallest absolute Gasteiger partial charge is 0.331 e. The summed E-state index contributed by atoms with van der Waals surface area (Å²) in [6, 6.07) is -0.125. The normalized spacial score (nSPS) is 11.0. The van der Waals surface area contributed by atoms with Crippen molar-refractivity contribution in [1.82, 2.24) is 15.8 Å². The Hall–Kier alpha value is -0.770. The monoisotopic (exact) mass is 159 g/mol. The summed E-state index contributed by atoms with van der Waals surface area (Å²) in [5.41, 5.74) is 2.53. The minimum absolute atomic E-state index is 0.125. The molecule has 2 amide bonds. The van der Waals surface area contributed by atoms with E-state index in [-0.39, 0.29) is 11.6 Å². The molecular weight excluding hydrogens is 142 g/mol. The number of carbonyl (C=O) groups is 1. The number of amides is 2. The number of urea groups is 1. The van der Waals surface area contributed by atoms with E-state index in [9.17, 15) is 4.79 Å². The number of nitrogens with zero attached hydrogens (tertiary/aromatic N) is 1. The standard InChI is InChI=1S/C7H17N3O/c1-7(2,3)9-6(11)10(5)8-4/h8H,1-5H3,(H,9,11). The zero-order chi connectivity index (χ0) is 9.07. The molecule has 4 nitrogen and oxygen atoms in total. The molecule has 0 aromatic carbocycles. The van der Waals surface area contributed by atoms with Crippen LogP contribution in [-0.2, 0) is 0 Å². The third-order valence-corrected chi connectivity index (χ3v) is 1.12. The average molecular weight is 159 g/mol. The molecule has 0 unspecified atom stereocenters. The third kappa shape index (κ3) is 4.61. The molecule has 0 aromatic rings. The van der Waals surface area contributed by atoms with Gasteiger partial charge in [-0.05, 0) is 20.8 Å². The van der Waals surface area contributed by atoms with Crippen LogP contribution in [0.1, 0.15) is 20.8 Å². The van der Waals surface area contributed by atoms with Crippen molar-refractivity contribution in [2.45, 2.75) is 26.3 Å². The fourth-order valence-corrected chi connectivity index (χ4v) is 0.506. The molecule has 4 heteroatoms. The molecule has 11 heavy (non-hydrogen) atoms. The molecule has 0 saturated carbocycles. The van der Waals surface area contributed by atoms with Crippen molar-refractivity contribution in [3.63, 3.8) is 0 Å². The summed E-state index contributed by atoms with van der Waals surface area (Å²) in [5, 5.41) is 4.19. The fraction of sp³-hybridized carbons (Fsp3) is 0.857. The highest BCUT2D eigenvalue weighted by atomic mass is 16.2. The van der Waals surface area contributed by atoms with Gasteiger partial charge in [0.15, 0.2) is 0 Å². The average Bonchev–Trinajstić information content (AvgIpc) is 1.82. The molecule has 0 rings (SSSR count). The Morgan fingerprint density at radius 1 is 1.36 bits per heavy atom. The van der Waals surface area contributed by atoms with Crippen molar-refractivity contribution < 1.29 is 4.79 Å². The van der Waals surface area contributed by atoms with Gasteiger partial charge in [-0.1, -0.05) is 0 Å². The second-order valence-corrected chi connectivity index (χ2v) is 3.46. The predicted molar refractivity (Wildman–Crippen MR) is 45.1 cm³/mol. The lowest BCUT2D eigenvalue weighted by Crippen LogP contribution is -2.50. The lowest BCUT2D eigenvalue weighted by molar-refractivity contribution is 0.184. The van der Waals surface area contributed by atoms with E-state index >= 15 is 0 Å². The third-order valence-electron chi connectivity index (χ3n) is 1.12. The Balaban J connectivity index is 3.88. The van der Waals surface area contributed by atoms with Crippen molar-refractivity contribution in [2.75, 3.05) is 14.1 Å². The van der Waals surface area contributed by atoms with Crippen LogP contribution < -0.4 is 10.7 Å². The van der Waals surface area contributed by atoms with Crippen LogP contribution in [0.3, 0.4) is 0 Å². The minimum Gasteiger partial charge on any atom is -0.332 e. The molecule has 0 bridgehead atoms. The van der Waals surface area contributed by atoms with E-state index in [1.807, 2.05) is 20.8 Å². The van der Waals surface area contributed by atoms with E-state index in [0.29, 0.717) is 0 Å². The van der Waals surface area contributed by atoms with Crippen molar-refractivity contribution in [1.29, 1.82) is 0 Å². The number of hydrogen-bond donors (Lipinski definition) is 2. The molecular formula is C7H17N3O. The summed E-state index contributed by atoms with van der Waals surface area (Å²) >= 11 is 0. The Labute approximate surface area is 67.9 Å². The first-order valence-electron chi connectivity index (χ1n) is 3.60. The van der Waals surface area contributed by atoms with Gasteiger partial charge < -0.3 is 5.32 Å². The van der Waals surface area contributed by atoms with Crippen LogP contribution >= 0.6 is 0 Å². The molecule has 0 fully saturated rings. The van der Waals surface area contributed by atoms with E-state index in [1.165, 1.54) is 5.01 Å². The van der Waals surface area contributed by atoms with Crippen LogP contribution in [0.5, 0.6) is 0 Å². The molecule has 0 radical (unpaired) electrons. The number of carbonyl (C=O) groups excluding carboxylic acids is 1. The molecule has 66 valence electrons. The highest BCUT2D eigenvalue weighted by molar-refractivity contribution is 5.74. The van der Waals surface area contributed by atoms with Crippen LogP contribution in [0, 0.1) is 0 Å². The van der Waals surface area contributed by atoms with E-state index < -0.39 is 0 Å². The SMILES string of the molecule is CNN(C)C(=O)NC(C)(C)C. The molecule has 0 heterocycles. The maximum absolute atomic E-state index is 11.1. The number of hydrogen-bond acceptors (Lipinski definition) is 2. The van der Waals surface area contributed by atoms with Crippen LogP contribution in [0.15, 0.2) is 0 Å². The van der Waals surface area contributed by atoms with E-state index in [1.54, 1.807) is 14.1 Å². The zero-order valence-electron chi connectivity index (χ0n) is 7.86. The summed E-state index contributed by atoms with van der Waals surface area (Å²) in [7, 11) is 3.36. The Morgan fingerprint density at radius 3 is 2.09 bits per heavy atom. The first-order chi connectivity index (χ1) is 4.87. The Bertz CT molecular complexity index is 139. The van der Waals surface area contributed by atoms with Gasteiger partial charge in [0, 0.05) is 19.6 Å². The molecule has 0 atom stereocenters. The summed E-state index contributed by atoms with van der Waals surface area (Å²) in [6.07, 6.45) is 0. The van der Waals surface area contributed by atoms with Crippen LogP contribution in [0.25, 0.3) is 0 Å². The minimum atomic E-state index is -0.178. The van der Waals surface area contributed by atoms with Gasteiger partial charge in [0.2, 0.25) is 0 Å². The van der Waals surface area contributed by atoms with Gasteiger partial charge in [0.25, 0.3) is 0 Å². The fourth-order valence-electron chi connectivity index (χ4n) is 0.506. The maximum Gasteiger partial charge on any atom is 0.331 e. The molecule has 0 aliphatic heterocycles. The number of rotatable bonds is 1. The van der Waals surface area contributed by atoms with Crippen molar-refractivity contribution in [3.8, 4) is 0 Å². The second kappa shape index (κ2) is 3.57. The van der Waals surface area contributed by atoms with Gasteiger partial charge in [0.05, 0.1) is 0 Å². The molecule has 0 aliphatic carbocycles. The van der Waals surface area contributed by atoms with E-state index in [2.05, 4.69) is 10.7 Å². The second-order valence-electron chi connectivity index (χ2n) is 3.46. The highest BCUT2D eigenvalue weighted by Crippen LogP contribution is 1.98. The molecule has 0 saturated heterocycles. The van der Waals surface area contributed by atoms with Crippen molar-refractivity contribution in [2.24, 2.45) is 0 Å². The van der Waals surface area contributed by atoms with E-state index in [4.69, 9.17) is 0 Å². The van der Waals surface area contributed by atoms with Gasteiger partial charge in [0.1, 0.15) is 0 Å². The van der Waals surface area contributed by atoms with Crippen molar-refractivity contribution >= 4 is 6.03 Å². The van der Waals surface area contributed by atoms with Crippen LogP contribution in [0.4, 0.5) is 4.79 Å². The molecule has 2 N–H and O–H groups in total. The molecule has 0 aliphatic rings. The summed E-state index contributed by atoms with van der Waals surface area (Å²) < 4.78 is 0. The first-order valence-corrected chi connectivity index (χ1v) is 3.60. The molecule has 0 spiro atoms. The maximum atomic E-state index is 11.1. The molecule has 0 aromatic heterocycles. The van der Waals surface area contributed by atoms with E-state index in [0.717, 1.165) is 0 Å². The number of hydrazine groups is 1. The summed E-state index contributed by atoms with van der Waals surface area (Å²) in [5.74, 6) is 0. The van der Waals surface area contributed by atoms with Crippen LogP contribution in [-0.4, -0.2) is 30.7 Å². The Kier molecular flexibility index (Phi) is 3.32.